The number of hydrogen-bond donors (Lipinski definition) is 1. The minimum atomic E-state index is -0.171. The van der Waals surface area contributed by atoms with E-state index in [1.165, 1.54) is 18.9 Å². The summed E-state index contributed by atoms with van der Waals surface area (Å²) in [6.07, 6.45) is 2.41. The van der Waals surface area contributed by atoms with Crippen molar-refractivity contribution in [3.8, 4) is 0 Å². The minimum Gasteiger partial charge on any atom is -0.330 e. The fourth-order valence-corrected chi connectivity index (χ4v) is 2.76. The van der Waals surface area contributed by atoms with E-state index < -0.39 is 0 Å². The molecule has 1 aromatic rings. The van der Waals surface area contributed by atoms with Gasteiger partial charge in [-0.05, 0) is 55.6 Å². The number of hydrogen-bond acceptors (Lipinski definition) is 2. The molecule has 0 spiro atoms. The molecule has 1 unspecified atom stereocenters. The van der Waals surface area contributed by atoms with Crippen molar-refractivity contribution in [3.05, 3.63) is 34.1 Å². The van der Waals surface area contributed by atoms with Crippen LogP contribution in [0.5, 0.6) is 0 Å². The van der Waals surface area contributed by atoms with Gasteiger partial charge in [-0.25, -0.2) is 4.39 Å². The lowest BCUT2D eigenvalue weighted by Crippen LogP contribution is -2.37. The van der Waals surface area contributed by atoms with Gasteiger partial charge in [0.15, 0.2) is 0 Å². The Hall–Kier alpha value is -0.160. The number of piperidine rings is 1. The molecule has 1 fully saturated rings. The monoisotopic (exact) mass is 336 g/mol. The van der Waals surface area contributed by atoms with Crippen LogP contribution in [0.3, 0.4) is 0 Å². The molecule has 1 atom stereocenters. The van der Waals surface area contributed by atoms with Crippen LogP contribution in [0.1, 0.15) is 18.4 Å². The molecule has 5 heteroatoms. The van der Waals surface area contributed by atoms with Gasteiger partial charge in [0, 0.05) is 17.6 Å². The molecule has 1 saturated heterocycles. The lowest BCUT2D eigenvalue weighted by molar-refractivity contribution is 0.170. The molecule has 102 valence electrons. The van der Waals surface area contributed by atoms with E-state index in [0.29, 0.717) is 5.92 Å². The van der Waals surface area contributed by atoms with Crippen LogP contribution < -0.4 is 5.73 Å². The number of benzene rings is 1. The van der Waals surface area contributed by atoms with E-state index in [0.717, 1.165) is 36.2 Å². The van der Waals surface area contributed by atoms with Crippen LogP contribution in [0.2, 0.25) is 0 Å². The number of rotatable bonds is 3. The predicted octanol–water partition coefficient (Wildman–Crippen LogP) is 3.18. The minimum absolute atomic E-state index is 0. The normalized spacial score (nSPS) is 20.5. The highest BCUT2D eigenvalue weighted by Crippen LogP contribution is 2.22. The number of likely N-dealkylation sites (tertiary alicyclic amines) is 1. The molecule has 18 heavy (non-hydrogen) atoms. The standard InChI is InChI=1S/C13H18BrFN2.ClH/c14-13-4-3-12(15)6-11(13)9-17-5-1-2-10(7-16)8-17;/h3-4,6,10H,1-2,5,7-9,16H2;1H. The zero-order valence-corrected chi connectivity index (χ0v) is 12.6. The Balaban J connectivity index is 0.00000162. The molecular formula is C13H19BrClFN2. The Labute approximate surface area is 122 Å². The SMILES string of the molecule is Cl.NCC1CCCN(Cc2cc(F)ccc2Br)C1. The van der Waals surface area contributed by atoms with Gasteiger partial charge in [0.05, 0.1) is 0 Å². The van der Waals surface area contributed by atoms with Crippen molar-refractivity contribution in [1.29, 1.82) is 0 Å². The van der Waals surface area contributed by atoms with Crippen LogP contribution in [0.25, 0.3) is 0 Å². The zero-order valence-electron chi connectivity index (χ0n) is 10.2. The summed E-state index contributed by atoms with van der Waals surface area (Å²) in [6.45, 7) is 3.66. The van der Waals surface area contributed by atoms with Crippen LogP contribution in [0.15, 0.2) is 22.7 Å². The first kappa shape index (κ1) is 15.9. The van der Waals surface area contributed by atoms with Gasteiger partial charge in [-0.3, -0.25) is 4.90 Å². The third-order valence-corrected chi connectivity index (χ3v) is 4.11. The molecular weight excluding hydrogens is 319 g/mol. The van der Waals surface area contributed by atoms with E-state index >= 15 is 0 Å². The molecule has 1 heterocycles. The van der Waals surface area contributed by atoms with Crippen molar-refractivity contribution in [2.75, 3.05) is 19.6 Å². The molecule has 2 N–H and O–H groups in total. The van der Waals surface area contributed by atoms with E-state index in [1.807, 2.05) is 0 Å². The molecule has 1 aliphatic heterocycles. The maximum absolute atomic E-state index is 13.2. The predicted molar refractivity (Wildman–Crippen MR) is 78.4 cm³/mol. The molecule has 0 saturated carbocycles. The first-order chi connectivity index (χ1) is 8.19. The van der Waals surface area contributed by atoms with E-state index in [1.54, 1.807) is 12.1 Å². The molecule has 2 nitrogen and oxygen atoms in total. The summed E-state index contributed by atoms with van der Waals surface area (Å²) in [5.74, 6) is 0.423. The lowest BCUT2D eigenvalue weighted by atomic mass is 9.98. The Morgan fingerprint density at radius 2 is 2.22 bits per heavy atom. The van der Waals surface area contributed by atoms with Crippen molar-refractivity contribution < 1.29 is 4.39 Å². The van der Waals surface area contributed by atoms with Gasteiger partial charge in [0.25, 0.3) is 0 Å². The summed E-state index contributed by atoms with van der Waals surface area (Å²) >= 11 is 3.47. The van der Waals surface area contributed by atoms with E-state index in [9.17, 15) is 4.39 Å². The van der Waals surface area contributed by atoms with Crippen LogP contribution in [0.4, 0.5) is 4.39 Å². The van der Waals surface area contributed by atoms with Crippen molar-refractivity contribution >= 4 is 28.3 Å². The van der Waals surface area contributed by atoms with Gasteiger partial charge in [-0.1, -0.05) is 15.9 Å². The third kappa shape index (κ3) is 4.19. The van der Waals surface area contributed by atoms with Crippen LogP contribution in [-0.2, 0) is 6.54 Å². The Bertz CT molecular complexity index is 389. The second kappa shape index (κ2) is 7.43. The highest BCUT2D eigenvalue weighted by atomic mass is 79.9. The topological polar surface area (TPSA) is 29.3 Å². The Morgan fingerprint density at radius 3 is 2.94 bits per heavy atom. The number of halogens is 3. The Kier molecular flexibility index (Phi) is 6.57. The fourth-order valence-electron chi connectivity index (χ4n) is 2.39. The molecule has 0 amide bonds. The zero-order chi connectivity index (χ0) is 12.3. The maximum Gasteiger partial charge on any atom is 0.123 e. The van der Waals surface area contributed by atoms with E-state index in [2.05, 4.69) is 20.8 Å². The van der Waals surface area contributed by atoms with Gasteiger partial charge in [0.1, 0.15) is 5.82 Å². The number of nitrogens with zero attached hydrogens (tertiary/aromatic N) is 1. The maximum atomic E-state index is 13.2. The van der Waals surface area contributed by atoms with Crippen molar-refractivity contribution in [1.82, 2.24) is 4.90 Å². The summed E-state index contributed by atoms with van der Waals surface area (Å²) in [4.78, 5) is 2.36. The molecule has 0 radical (unpaired) electrons. The third-order valence-electron chi connectivity index (χ3n) is 3.34. The number of nitrogens with two attached hydrogens (primary N) is 1. The first-order valence-electron chi connectivity index (χ1n) is 6.05. The lowest BCUT2D eigenvalue weighted by Gasteiger charge is -2.32. The summed E-state index contributed by atoms with van der Waals surface area (Å²) < 4.78 is 14.2. The van der Waals surface area contributed by atoms with Gasteiger partial charge in [0.2, 0.25) is 0 Å². The van der Waals surface area contributed by atoms with Crippen LogP contribution in [0, 0.1) is 11.7 Å². The second-order valence-corrected chi connectivity index (χ2v) is 5.57. The largest absolute Gasteiger partial charge is 0.330 e. The Morgan fingerprint density at radius 1 is 1.44 bits per heavy atom. The van der Waals surface area contributed by atoms with E-state index in [4.69, 9.17) is 5.73 Å². The highest BCUT2D eigenvalue weighted by molar-refractivity contribution is 9.10. The molecule has 0 aromatic heterocycles. The van der Waals surface area contributed by atoms with Crippen LogP contribution >= 0.6 is 28.3 Å². The summed E-state index contributed by atoms with van der Waals surface area (Å²) in [6, 6.07) is 4.86. The van der Waals surface area contributed by atoms with Gasteiger partial charge in [-0.15, -0.1) is 12.4 Å². The van der Waals surface area contributed by atoms with Gasteiger partial charge < -0.3 is 5.73 Å². The fraction of sp³-hybridized carbons (Fsp3) is 0.538. The molecule has 2 rings (SSSR count). The van der Waals surface area contributed by atoms with Crippen LogP contribution in [-0.4, -0.2) is 24.5 Å². The molecule has 1 aliphatic rings. The van der Waals surface area contributed by atoms with Gasteiger partial charge >= 0.3 is 0 Å². The highest BCUT2D eigenvalue weighted by Gasteiger charge is 2.19. The second-order valence-electron chi connectivity index (χ2n) is 4.71. The smallest absolute Gasteiger partial charge is 0.123 e. The molecule has 0 bridgehead atoms. The average Bonchev–Trinajstić information content (AvgIpc) is 2.34. The van der Waals surface area contributed by atoms with E-state index in [-0.39, 0.29) is 18.2 Å². The van der Waals surface area contributed by atoms with Gasteiger partial charge in [-0.2, -0.15) is 0 Å². The van der Waals surface area contributed by atoms with Crippen molar-refractivity contribution in [2.24, 2.45) is 11.7 Å². The molecule has 0 aliphatic carbocycles. The summed E-state index contributed by atoms with van der Waals surface area (Å²) in [7, 11) is 0. The first-order valence-corrected chi connectivity index (χ1v) is 6.84. The quantitative estimate of drug-likeness (QED) is 0.918. The van der Waals surface area contributed by atoms with Crippen molar-refractivity contribution in [2.45, 2.75) is 19.4 Å². The van der Waals surface area contributed by atoms with Crippen molar-refractivity contribution in [3.63, 3.8) is 0 Å². The summed E-state index contributed by atoms with van der Waals surface area (Å²) in [5.41, 5.74) is 6.73. The summed E-state index contributed by atoms with van der Waals surface area (Å²) in [5, 5.41) is 0. The molecule has 1 aromatic carbocycles. The average molecular weight is 338 g/mol.